The average Bonchev–Trinajstić information content (AvgIpc) is 3.21. The Balaban J connectivity index is 1.58. The molecule has 0 atom stereocenters. The molecule has 140 valence electrons. The van der Waals surface area contributed by atoms with Crippen LogP contribution in [0.25, 0.3) is 0 Å². The van der Waals surface area contributed by atoms with Crippen LogP contribution in [0.1, 0.15) is 23.3 Å². The highest BCUT2D eigenvalue weighted by Gasteiger charge is 2.25. The topological polar surface area (TPSA) is 50.8 Å². The number of carbonyl (C=O) groups excluding carboxylic acids is 1. The summed E-state index contributed by atoms with van der Waals surface area (Å²) in [7, 11) is 1.65. The van der Waals surface area contributed by atoms with Crippen LogP contribution in [-0.2, 0) is 17.7 Å². The van der Waals surface area contributed by atoms with Gasteiger partial charge in [-0.1, -0.05) is 18.2 Å². The molecular weight excluding hydrogens is 348 g/mol. The second-order valence-corrected chi connectivity index (χ2v) is 7.41. The van der Waals surface area contributed by atoms with Crippen molar-refractivity contribution in [3.8, 4) is 5.75 Å². The Bertz CT molecular complexity index is 667. The van der Waals surface area contributed by atoms with Gasteiger partial charge in [0.15, 0.2) is 0 Å². The second-order valence-electron chi connectivity index (χ2n) is 6.37. The number of hydrogen-bond donors (Lipinski definition) is 1. The van der Waals surface area contributed by atoms with Gasteiger partial charge in [0.05, 0.1) is 7.11 Å². The molecule has 3 rings (SSSR count). The maximum atomic E-state index is 12.9. The molecule has 1 fully saturated rings. The number of rotatable bonds is 7. The molecule has 1 aromatic carbocycles. The molecule has 1 aliphatic heterocycles. The van der Waals surface area contributed by atoms with Gasteiger partial charge in [-0.15, -0.1) is 11.3 Å². The van der Waals surface area contributed by atoms with Crippen LogP contribution in [0.5, 0.6) is 5.75 Å². The third-order valence-corrected chi connectivity index (χ3v) is 5.61. The lowest BCUT2D eigenvalue weighted by atomic mass is 10.1. The molecule has 2 aromatic rings. The van der Waals surface area contributed by atoms with Crippen molar-refractivity contribution in [2.24, 2.45) is 0 Å². The van der Waals surface area contributed by atoms with E-state index >= 15 is 0 Å². The van der Waals surface area contributed by atoms with Gasteiger partial charge in [-0.3, -0.25) is 0 Å². The summed E-state index contributed by atoms with van der Waals surface area (Å²) in [6.07, 6.45) is 2.70. The molecule has 26 heavy (non-hydrogen) atoms. The minimum Gasteiger partial charge on any atom is -0.497 e. The second kappa shape index (κ2) is 9.59. The van der Waals surface area contributed by atoms with E-state index in [1.54, 1.807) is 18.4 Å². The van der Waals surface area contributed by atoms with Gasteiger partial charge in [-0.05, 0) is 48.4 Å². The molecule has 1 saturated heterocycles. The zero-order chi connectivity index (χ0) is 18.2. The summed E-state index contributed by atoms with van der Waals surface area (Å²) < 4.78 is 10.6. The third-order valence-electron chi connectivity index (χ3n) is 4.67. The molecular formula is C20H26N2O3S. The van der Waals surface area contributed by atoms with Crippen LogP contribution in [0, 0.1) is 0 Å². The van der Waals surface area contributed by atoms with Gasteiger partial charge in [0.1, 0.15) is 5.75 Å². The van der Waals surface area contributed by atoms with Crippen molar-refractivity contribution in [2.45, 2.75) is 31.8 Å². The van der Waals surface area contributed by atoms with Crippen LogP contribution in [0.3, 0.4) is 0 Å². The standard InChI is InChI=1S/C20H26N2O3S/c1-24-18-6-4-16(5-7-18)15-21-20(23)22(17-9-12-25-13-10-17)11-8-19-3-2-14-26-19/h2-7,14,17H,8-13,15H2,1H3,(H,21,23). The highest BCUT2D eigenvalue weighted by Crippen LogP contribution is 2.17. The number of hydrogen-bond acceptors (Lipinski definition) is 4. The van der Waals surface area contributed by atoms with Crippen LogP contribution >= 0.6 is 11.3 Å². The number of nitrogens with one attached hydrogen (secondary N) is 1. The minimum atomic E-state index is 0.00396. The maximum Gasteiger partial charge on any atom is 0.317 e. The summed E-state index contributed by atoms with van der Waals surface area (Å²) in [5, 5.41) is 5.15. The summed E-state index contributed by atoms with van der Waals surface area (Å²) in [4.78, 5) is 16.2. The van der Waals surface area contributed by atoms with Crippen LogP contribution in [0.4, 0.5) is 4.79 Å². The van der Waals surface area contributed by atoms with Gasteiger partial charge in [0, 0.05) is 37.2 Å². The molecule has 0 aliphatic carbocycles. The number of benzene rings is 1. The van der Waals surface area contributed by atoms with Crippen molar-refractivity contribution in [3.63, 3.8) is 0 Å². The number of thiophene rings is 1. The van der Waals surface area contributed by atoms with Crippen molar-refractivity contribution in [3.05, 3.63) is 52.2 Å². The average molecular weight is 375 g/mol. The Labute approximate surface area is 158 Å². The van der Waals surface area contributed by atoms with E-state index < -0.39 is 0 Å². The summed E-state index contributed by atoms with van der Waals surface area (Å²) in [5.41, 5.74) is 1.06. The van der Waals surface area contributed by atoms with E-state index in [1.165, 1.54) is 4.88 Å². The lowest BCUT2D eigenvalue weighted by Gasteiger charge is -2.34. The first-order valence-corrected chi connectivity index (χ1v) is 9.92. The molecule has 1 aromatic heterocycles. The number of nitrogens with zero attached hydrogens (tertiary/aromatic N) is 1. The Kier molecular flexibility index (Phi) is 6.91. The summed E-state index contributed by atoms with van der Waals surface area (Å²) >= 11 is 1.74. The predicted octanol–water partition coefficient (Wildman–Crippen LogP) is 3.69. The molecule has 0 bridgehead atoms. The number of methoxy groups -OCH3 is 1. The molecule has 0 radical (unpaired) electrons. The van der Waals surface area contributed by atoms with Crippen LogP contribution in [0.2, 0.25) is 0 Å². The lowest BCUT2D eigenvalue weighted by molar-refractivity contribution is 0.0461. The molecule has 6 heteroatoms. The molecule has 2 heterocycles. The van der Waals surface area contributed by atoms with Gasteiger partial charge in [-0.2, -0.15) is 0 Å². The number of carbonyl (C=O) groups is 1. The first kappa shape index (κ1) is 18.7. The Hall–Kier alpha value is -2.05. The number of amides is 2. The van der Waals surface area contributed by atoms with Gasteiger partial charge in [0.2, 0.25) is 0 Å². The van der Waals surface area contributed by atoms with Gasteiger partial charge in [0.25, 0.3) is 0 Å². The lowest BCUT2D eigenvalue weighted by Crippen LogP contribution is -2.48. The van der Waals surface area contributed by atoms with Crippen LogP contribution < -0.4 is 10.1 Å². The minimum absolute atomic E-state index is 0.00396. The maximum absolute atomic E-state index is 12.9. The molecule has 5 nitrogen and oxygen atoms in total. The molecule has 1 N–H and O–H groups in total. The van der Waals surface area contributed by atoms with Crippen LogP contribution in [0.15, 0.2) is 41.8 Å². The highest BCUT2D eigenvalue weighted by molar-refractivity contribution is 7.09. The van der Waals surface area contributed by atoms with E-state index in [-0.39, 0.29) is 12.1 Å². The molecule has 0 spiro atoms. The number of ether oxygens (including phenoxy) is 2. The first-order valence-electron chi connectivity index (χ1n) is 9.04. The summed E-state index contributed by atoms with van der Waals surface area (Å²) in [5.74, 6) is 0.819. The van der Waals surface area contributed by atoms with E-state index in [0.29, 0.717) is 6.54 Å². The van der Waals surface area contributed by atoms with E-state index in [9.17, 15) is 4.79 Å². The normalized spacial score (nSPS) is 14.8. The molecule has 1 aliphatic rings. The van der Waals surface area contributed by atoms with E-state index in [2.05, 4.69) is 22.8 Å². The van der Waals surface area contributed by atoms with E-state index in [0.717, 1.165) is 50.3 Å². The van der Waals surface area contributed by atoms with Crippen molar-refractivity contribution in [1.82, 2.24) is 10.2 Å². The molecule has 0 saturated carbocycles. The Morgan fingerprint density at radius 3 is 2.69 bits per heavy atom. The Morgan fingerprint density at radius 2 is 2.04 bits per heavy atom. The van der Waals surface area contributed by atoms with Crippen molar-refractivity contribution in [1.29, 1.82) is 0 Å². The van der Waals surface area contributed by atoms with Crippen LogP contribution in [-0.4, -0.2) is 43.8 Å². The molecule has 0 unspecified atom stereocenters. The summed E-state index contributed by atoms with van der Waals surface area (Å²) in [6, 6.07) is 12.2. The quantitative estimate of drug-likeness (QED) is 0.804. The molecule has 2 amide bonds. The largest absolute Gasteiger partial charge is 0.497 e. The fourth-order valence-corrected chi connectivity index (χ4v) is 3.85. The highest BCUT2D eigenvalue weighted by atomic mass is 32.1. The van der Waals surface area contributed by atoms with Crippen molar-refractivity contribution >= 4 is 17.4 Å². The van der Waals surface area contributed by atoms with Gasteiger partial charge < -0.3 is 19.7 Å². The van der Waals surface area contributed by atoms with E-state index in [1.807, 2.05) is 29.2 Å². The SMILES string of the molecule is COc1ccc(CNC(=O)N(CCc2cccs2)C2CCOCC2)cc1. The first-order chi connectivity index (χ1) is 12.8. The predicted molar refractivity (Wildman–Crippen MR) is 104 cm³/mol. The number of urea groups is 1. The fraction of sp³-hybridized carbons (Fsp3) is 0.450. The van der Waals surface area contributed by atoms with E-state index in [4.69, 9.17) is 9.47 Å². The fourth-order valence-electron chi connectivity index (χ4n) is 3.15. The summed E-state index contributed by atoms with van der Waals surface area (Å²) in [6.45, 7) is 2.71. The monoisotopic (exact) mass is 374 g/mol. The third kappa shape index (κ3) is 5.22. The van der Waals surface area contributed by atoms with Crippen molar-refractivity contribution in [2.75, 3.05) is 26.9 Å². The zero-order valence-corrected chi connectivity index (χ0v) is 16.0. The Morgan fingerprint density at radius 1 is 1.27 bits per heavy atom. The van der Waals surface area contributed by atoms with Gasteiger partial charge in [-0.25, -0.2) is 4.79 Å². The van der Waals surface area contributed by atoms with Gasteiger partial charge >= 0.3 is 6.03 Å². The smallest absolute Gasteiger partial charge is 0.317 e. The van der Waals surface area contributed by atoms with Crippen molar-refractivity contribution < 1.29 is 14.3 Å². The zero-order valence-electron chi connectivity index (χ0n) is 15.1.